The molecular formula is C24H31ClN3OS. The molecule has 0 bridgehead atoms. The monoisotopic (exact) mass is 444 g/mol. The van der Waals surface area contributed by atoms with Gasteiger partial charge in [-0.05, 0) is 77.9 Å². The van der Waals surface area contributed by atoms with E-state index >= 15 is 0 Å². The summed E-state index contributed by atoms with van der Waals surface area (Å²) < 4.78 is 0. The Bertz CT molecular complexity index is 914. The number of nitrogens with zero attached hydrogens (tertiary/aromatic N) is 3. The second-order valence-corrected chi connectivity index (χ2v) is 11.3. The summed E-state index contributed by atoms with van der Waals surface area (Å²) in [5, 5.41) is 14.8. The maximum absolute atomic E-state index is 12.7. The van der Waals surface area contributed by atoms with Crippen molar-refractivity contribution < 1.29 is 5.21 Å². The van der Waals surface area contributed by atoms with Crippen molar-refractivity contribution in [3.63, 3.8) is 0 Å². The van der Waals surface area contributed by atoms with Crippen molar-refractivity contribution in [1.29, 1.82) is 0 Å². The molecule has 1 radical (unpaired) electrons. The number of fused-ring (bicyclic) bond motifs is 2. The minimum Gasteiger partial charge on any atom is -0.338 e. The first-order chi connectivity index (χ1) is 14.1. The summed E-state index contributed by atoms with van der Waals surface area (Å²) in [6.45, 7) is 10.1. The summed E-state index contributed by atoms with van der Waals surface area (Å²) in [5.74, 6) is 0. The Kier molecular flexibility index (Phi) is 5.88. The van der Waals surface area contributed by atoms with Gasteiger partial charge in [0.15, 0.2) is 0 Å². The number of hydrogen-bond acceptors (Lipinski definition) is 4. The van der Waals surface area contributed by atoms with Gasteiger partial charge >= 0.3 is 0 Å². The normalized spacial score (nSPS) is 20.9. The van der Waals surface area contributed by atoms with Crippen LogP contribution in [0, 0.1) is 0 Å². The Balaban J connectivity index is 1.55. The zero-order valence-corrected chi connectivity index (χ0v) is 20.1. The van der Waals surface area contributed by atoms with Crippen molar-refractivity contribution in [2.45, 2.75) is 67.4 Å². The number of hydrogen-bond donors (Lipinski definition) is 0. The van der Waals surface area contributed by atoms with Crippen LogP contribution in [0.4, 0.5) is 11.4 Å². The molecule has 0 aliphatic carbocycles. The minimum atomic E-state index is -0.352. The molecule has 4 nitrogen and oxygen atoms in total. The molecule has 0 N–H and O–H groups in total. The highest BCUT2D eigenvalue weighted by Crippen LogP contribution is 2.48. The highest BCUT2D eigenvalue weighted by molar-refractivity contribution is 7.99. The van der Waals surface area contributed by atoms with Crippen LogP contribution >= 0.6 is 23.4 Å². The molecule has 0 amide bonds. The van der Waals surface area contributed by atoms with Crippen LogP contribution in [-0.4, -0.2) is 47.2 Å². The number of rotatable bonds is 4. The molecule has 161 valence electrons. The van der Waals surface area contributed by atoms with E-state index in [1.807, 2.05) is 6.07 Å². The Hall–Kier alpha value is -1.24. The number of hydroxylamine groups is 2. The predicted octanol–water partition coefficient (Wildman–Crippen LogP) is 6.24. The van der Waals surface area contributed by atoms with E-state index in [-0.39, 0.29) is 11.1 Å². The molecule has 0 atom stereocenters. The lowest BCUT2D eigenvalue weighted by atomic mass is 9.78. The second kappa shape index (κ2) is 8.03. The van der Waals surface area contributed by atoms with Gasteiger partial charge in [0.1, 0.15) is 0 Å². The van der Waals surface area contributed by atoms with E-state index in [1.165, 1.54) is 26.2 Å². The Morgan fingerprint density at radius 1 is 1.03 bits per heavy atom. The number of likely N-dealkylation sites (N-methyl/N-ethyl adjacent to an activating group) is 1. The number of para-hydroxylation sites is 1. The van der Waals surface area contributed by atoms with Crippen LogP contribution in [0.15, 0.2) is 52.3 Å². The number of piperidine rings is 1. The lowest BCUT2D eigenvalue weighted by Gasteiger charge is -2.52. The SMILES string of the molecule is CN(CCN1c2ccccc2Sc2ccc(Cl)cc21)C1CC(C)(C)N([O])C(C)(C)C1. The highest BCUT2D eigenvalue weighted by atomic mass is 35.5. The van der Waals surface area contributed by atoms with E-state index in [0.29, 0.717) is 6.04 Å². The maximum atomic E-state index is 12.7. The van der Waals surface area contributed by atoms with Gasteiger partial charge in [0.2, 0.25) is 0 Å². The third-order valence-electron chi connectivity index (χ3n) is 6.46. The Labute approximate surface area is 189 Å². The molecule has 4 rings (SSSR count). The average molecular weight is 445 g/mol. The smallest absolute Gasteiger partial charge is 0.0568 e. The second-order valence-electron chi connectivity index (χ2n) is 9.80. The molecule has 2 aromatic rings. The summed E-state index contributed by atoms with van der Waals surface area (Å²) in [5.41, 5.74) is 1.71. The third kappa shape index (κ3) is 4.11. The van der Waals surface area contributed by atoms with Crippen molar-refractivity contribution in [1.82, 2.24) is 9.96 Å². The standard InChI is InChI=1S/C24H31ClN3OS/c1-23(2)15-18(16-24(3,4)28(23)29)26(5)12-13-27-19-8-6-7-9-21(19)30-22-11-10-17(25)14-20(22)27/h6-11,14,18H,12-13,15-16H2,1-5H3. The van der Waals surface area contributed by atoms with Crippen LogP contribution in [0.1, 0.15) is 40.5 Å². The lowest BCUT2D eigenvalue weighted by Crippen LogP contribution is -2.62. The van der Waals surface area contributed by atoms with E-state index in [0.717, 1.165) is 31.0 Å². The van der Waals surface area contributed by atoms with Gasteiger partial charge in [-0.1, -0.05) is 35.5 Å². The molecule has 0 saturated carbocycles. The molecule has 2 aliphatic rings. The van der Waals surface area contributed by atoms with E-state index in [1.54, 1.807) is 11.8 Å². The first-order valence-electron chi connectivity index (χ1n) is 10.6. The predicted molar refractivity (Wildman–Crippen MR) is 125 cm³/mol. The van der Waals surface area contributed by atoms with Crippen LogP contribution in [0.25, 0.3) is 0 Å². The molecule has 2 heterocycles. The lowest BCUT2D eigenvalue weighted by molar-refractivity contribution is -0.294. The summed E-state index contributed by atoms with van der Waals surface area (Å²) in [6, 6.07) is 15.1. The van der Waals surface area contributed by atoms with Gasteiger partial charge < -0.3 is 9.80 Å². The first-order valence-corrected chi connectivity index (χ1v) is 11.8. The zero-order valence-electron chi connectivity index (χ0n) is 18.5. The van der Waals surface area contributed by atoms with E-state index in [2.05, 4.69) is 80.9 Å². The maximum Gasteiger partial charge on any atom is 0.0568 e. The van der Waals surface area contributed by atoms with Crippen LogP contribution in [0.2, 0.25) is 5.02 Å². The first kappa shape index (κ1) is 22.0. The Morgan fingerprint density at radius 3 is 2.37 bits per heavy atom. The van der Waals surface area contributed by atoms with Crippen molar-refractivity contribution in [2.75, 3.05) is 25.0 Å². The zero-order chi connectivity index (χ0) is 21.7. The molecule has 2 aromatic carbocycles. The largest absolute Gasteiger partial charge is 0.338 e. The topological polar surface area (TPSA) is 29.6 Å². The number of anilines is 2. The van der Waals surface area contributed by atoms with Gasteiger partial charge in [0, 0.05) is 45.0 Å². The van der Waals surface area contributed by atoms with Crippen molar-refractivity contribution in [3.05, 3.63) is 47.5 Å². The fourth-order valence-corrected chi connectivity index (χ4v) is 6.25. The highest BCUT2D eigenvalue weighted by Gasteiger charge is 2.47. The van der Waals surface area contributed by atoms with Crippen molar-refractivity contribution in [3.8, 4) is 0 Å². The molecule has 0 aromatic heterocycles. The molecule has 0 spiro atoms. The number of halogens is 1. The van der Waals surface area contributed by atoms with Gasteiger partial charge in [0.05, 0.1) is 11.4 Å². The fourth-order valence-electron chi connectivity index (χ4n) is 5.01. The molecule has 1 saturated heterocycles. The molecule has 30 heavy (non-hydrogen) atoms. The van der Waals surface area contributed by atoms with Crippen LogP contribution in [0.3, 0.4) is 0 Å². The van der Waals surface area contributed by atoms with Gasteiger partial charge in [-0.2, -0.15) is 0 Å². The van der Waals surface area contributed by atoms with Crippen LogP contribution < -0.4 is 4.90 Å². The van der Waals surface area contributed by atoms with Crippen molar-refractivity contribution >= 4 is 34.7 Å². The average Bonchev–Trinajstić information content (AvgIpc) is 2.68. The summed E-state index contributed by atoms with van der Waals surface area (Å²) in [7, 11) is 2.20. The van der Waals surface area contributed by atoms with Gasteiger partial charge in [-0.15, -0.1) is 10.3 Å². The third-order valence-corrected chi connectivity index (χ3v) is 7.82. The summed E-state index contributed by atoms with van der Waals surface area (Å²) in [4.78, 5) is 7.34. The molecule has 1 fully saturated rings. The van der Waals surface area contributed by atoms with Crippen LogP contribution in [-0.2, 0) is 5.21 Å². The molecular weight excluding hydrogens is 414 g/mol. The molecule has 2 aliphatic heterocycles. The summed E-state index contributed by atoms with van der Waals surface area (Å²) in [6.07, 6.45) is 1.76. The van der Waals surface area contributed by atoms with E-state index in [9.17, 15) is 5.21 Å². The van der Waals surface area contributed by atoms with E-state index < -0.39 is 0 Å². The van der Waals surface area contributed by atoms with Crippen LogP contribution in [0.5, 0.6) is 0 Å². The quantitative estimate of drug-likeness (QED) is 0.558. The Morgan fingerprint density at radius 2 is 1.67 bits per heavy atom. The van der Waals surface area contributed by atoms with Gasteiger partial charge in [0.25, 0.3) is 0 Å². The summed E-state index contributed by atoms with van der Waals surface area (Å²) >= 11 is 8.15. The molecule has 0 unspecified atom stereocenters. The fraction of sp³-hybridized carbons (Fsp3) is 0.500. The van der Waals surface area contributed by atoms with Gasteiger partial charge in [-0.25, -0.2) is 0 Å². The van der Waals surface area contributed by atoms with Gasteiger partial charge in [-0.3, -0.25) is 0 Å². The van der Waals surface area contributed by atoms with E-state index in [4.69, 9.17) is 11.6 Å². The number of benzene rings is 2. The molecule has 6 heteroatoms. The van der Waals surface area contributed by atoms with Crippen molar-refractivity contribution in [2.24, 2.45) is 0 Å². The minimum absolute atomic E-state index is 0.352.